The number of carbonyl (C=O) groups excluding carboxylic acids is 1. The minimum atomic E-state index is -1.10. The normalized spacial score (nSPS) is 24.3. The number of rotatable bonds is 7. The number of Topliss-reactive ketones (excluding diaryl/α,β-unsaturated/α-hetero) is 1. The van der Waals surface area contributed by atoms with E-state index in [9.17, 15) is 9.18 Å². The third kappa shape index (κ3) is 4.44. The largest absolute Gasteiger partial charge is 0.297 e. The van der Waals surface area contributed by atoms with Crippen molar-refractivity contribution in [3.63, 3.8) is 0 Å². The molecule has 0 atom stereocenters. The first kappa shape index (κ1) is 22.4. The lowest BCUT2D eigenvalue weighted by atomic mass is 9.78. The van der Waals surface area contributed by atoms with Crippen molar-refractivity contribution < 1.29 is 9.18 Å². The van der Waals surface area contributed by atoms with Crippen LogP contribution in [0.2, 0.25) is 0 Å². The number of ketones is 1. The van der Waals surface area contributed by atoms with Gasteiger partial charge in [-0.2, -0.15) is 5.10 Å². The van der Waals surface area contributed by atoms with Crippen molar-refractivity contribution in [2.24, 2.45) is 18.9 Å². The second-order valence-corrected chi connectivity index (χ2v) is 11.8. The number of benzene rings is 1. The van der Waals surface area contributed by atoms with Crippen LogP contribution in [-0.2, 0) is 25.7 Å². The SMILES string of the molecule is Cn1cc2c(C(=O)CC3CCC(CCN4CCc5sc(C6(F)CC6)nc5C4)CC3)cccc2n1. The van der Waals surface area contributed by atoms with Gasteiger partial charge in [0.15, 0.2) is 11.5 Å². The Bertz CT molecular complexity index is 1200. The van der Waals surface area contributed by atoms with Crippen LogP contribution in [0.15, 0.2) is 24.4 Å². The van der Waals surface area contributed by atoms with Crippen LogP contribution in [0.5, 0.6) is 0 Å². The number of halogens is 1. The van der Waals surface area contributed by atoms with Crippen molar-refractivity contribution in [2.45, 2.75) is 70.0 Å². The highest BCUT2D eigenvalue weighted by molar-refractivity contribution is 7.12. The Balaban J connectivity index is 0.975. The number of hydrogen-bond donors (Lipinski definition) is 0. The molecule has 0 unspecified atom stereocenters. The van der Waals surface area contributed by atoms with Crippen molar-refractivity contribution in [1.82, 2.24) is 19.7 Å². The van der Waals surface area contributed by atoms with Gasteiger partial charge in [0.1, 0.15) is 5.01 Å². The lowest BCUT2D eigenvalue weighted by Gasteiger charge is -2.31. The molecule has 5 nitrogen and oxygen atoms in total. The topological polar surface area (TPSA) is 51.0 Å². The van der Waals surface area contributed by atoms with Gasteiger partial charge in [-0.25, -0.2) is 9.37 Å². The zero-order valence-electron chi connectivity index (χ0n) is 19.9. The monoisotopic (exact) mass is 480 g/mol. The minimum absolute atomic E-state index is 0.259. The number of fused-ring (bicyclic) bond motifs is 2. The molecule has 2 saturated carbocycles. The molecule has 180 valence electrons. The summed E-state index contributed by atoms with van der Waals surface area (Å²) in [6.45, 7) is 3.05. The zero-order valence-corrected chi connectivity index (χ0v) is 20.7. The fourth-order valence-corrected chi connectivity index (χ4v) is 7.02. The third-order valence-corrected chi connectivity index (χ3v) is 9.47. The third-order valence-electron chi connectivity index (χ3n) is 8.14. The summed E-state index contributed by atoms with van der Waals surface area (Å²) in [5.74, 6) is 1.51. The number of aromatic nitrogens is 3. The van der Waals surface area contributed by atoms with E-state index >= 15 is 0 Å². The molecule has 6 rings (SSSR count). The lowest BCUT2D eigenvalue weighted by Crippen LogP contribution is -2.32. The highest BCUT2D eigenvalue weighted by Gasteiger charge is 2.48. The number of alkyl halides is 1. The first-order valence-corrected chi connectivity index (χ1v) is 13.6. The van der Waals surface area contributed by atoms with E-state index in [4.69, 9.17) is 0 Å². The molecule has 0 radical (unpaired) electrons. The standard InChI is InChI=1S/C27H33FN4OS/c1-31-16-21-20(3-2-4-22(21)30-31)24(33)15-19-7-5-18(6-8-19)9-13-32-14-10-25-23(17-32)29-26(34-25)27(28)11-12-27/h2-4,16,18-19H,5-15,17H2,1H3. The van der Waals surface area contributed by atoms with E-state index in [0.29, 0.717) is 25.2 Å². The minimum Gasteiger partial charge on any atom is -0.297 e. The molecule has 3 aromatic rings. The molecule has 0 amide bonds. The van der Waals surface area contributed by atoms with Gasteiger partial charge in [0.05, 0.1) is 11.2 Å². The molecule has 1 aliphatic heterocycles. The van der Waals surface area contributed by atoms with E-state index in [2.05, 4.69) is 15.0 Å². The average molecular weight is 481 g/mol. The van der Waals surface area contributed by atoms with Gasteiger partial charge in [0.25, 0.3) is 0 Å². The molecule has 34 heavy (non-hydrogen) atoms. The predicted octanol–water partition coefficient (Wildman–Crippen LogP) is 5.82. The van der Waals surface area contributed by atoms with Crippen molar-refractivity contribution >= 4 is 28.0 Å². The summed E-state index contributed by atoms with van der Waals surface area (Å²) in [5, 5.41) is 6.14. The molecule has 0 saturated heterocycles. The molecule has 2 aliphatic carbocycles. The predicted molar refractivity (Wildman–Crippen MR) is 133 cm³/mol. The number of nitrogens with zero attached hydrogens (tertiary/aromatic N) is 4. The number of carbonyl (C=O) groups is 1. The summed E-state index contributed by atoms with van der Waals surface area (Å²) < 4.78 is 16.2. The average Bonchev–Trinajstić information content (AvgIpc) is 3.26. The van der Waals surface area contributed by atoms with Gasteiger partial charge in [-0.15, -0.1) is 11.3 Å². The van der Waals surface area contributed by atoms with Crippen LogP contribution >= 0.6 is 11.3 Å². The smallest absolute Gasteiger partial charge is 0.163 e. The van der Waals surface area contributed by atoms with Crippen LogP contribution in [-0.4, -0.2) is 38.5 Å². The lowest BCUT2D eigenvalue weighted by molar-refractivity contribution is 0.0941. The van der Waals surface area contributed by atoms with Crippen LogP contribution in [0.1, 0.15) is 77.3 Å². The van der Waals surface area contributed by atoms with Gasteiger partial charge < -0.3 is 0 Å². The van der Waals surface area contributed by atoms with E-state index in [1.54, 1.807) is 16.0 Å². The Labute approximate surface area is 204 Å². The number of hydrogen-bond acceptors (Lipinski definition) is 5. The molecule has 0 spiro atoms. The molecule has 2 fully saturated rings. The van der Waals surface area contributed by atoms with E-state index in [1.165, 1.54) is 24.1 Å². The molecule has 0 bridgehead atoms. The van der Waals surface area contributed by atoms with Crippen molar-refractivity contribution in [2.75, 3.05) is 13.1 Å². The van der Waals surface area contributed by atoms with Crippen LogP contribution < -0.4 is 0 Å². The molecule has 2 aromatic heterocycles. The fourth-order valence-electron chi connectivity index (χ4n) is 5.83. The maximum atomic E-state index is 14.4. The maximum absolute atomic E-state index is 14.4. The summed E-state index contributed by atoms with van der Waals surface area (Å²) >= 11 is 1.61. The summed E-state index contributed by atoms with van der Waals surface area (Å²) in [5.41, 5.74) is 1.74. The van der Waals surface area contributed by atoms with E-state index < -0.39 is 5.67 Å². The molecule has 1 aromatic carbocycles. The number of thiazole rings is 1. The van der Waals surface area contributed by atoms with Gasteiger partial charge >= 0.3 is 0 Å². The summed E-state index contributed by atoms with van der Waals surface area (Å²) in [4.78, 5) is 21.5. The molecular weight excluding hydrogens is 447 g/mol. The van der Waals surface area contributed by atoms with E-state index in [0.717, 1.165) is 72.0 Å². The molecular formula is C27H33FN4OS. The first-order chi connectivity index (χ1) is 16.5. The Morgan fingerprint density at radius 1 is 1.21 bits per heavy atom. The highest BCUT2D eigenvalue weighted by Crippen LogP contribution is 2.51. The fraction of sp³-hybridized carbons (Fsp3) is 0.593. The first-order valence-electron chi connectivity index (χ1n) is 12.8. The summed E-state index contributed by atoms with van der Waals surface area (Å²) in [6.07, 6.45) is 10.9. The Morgan fingerprint density at radius 3 is 2.79 bits per heavy atom. The molecule has 3 heterocycles. The molecule has 0 N–H and O–H groups in total. The van der Waals surface area contributed by atoms with Gasteiger partial charge in [-0.05, 0) is 63.0 Å². The Morgan fingerprint density at radius 2 is 2.00 bits per heavy atom. The Kier molecular flexibility index (Phi) is 5.80. The van der Waals surface area contributed by atoms with Gasteiger partial charge in [0.2, 0.25) is 0 Å². The Hall–Kier alpha value is -2.12. The maximum Gasteiger partial charge on any atom is 0.163 e. The summed E-state index contributed by atoms with van der Waals surface area (Å²) in [6, 6.07) is 5.86. The van der Waals surface area contributed by atoms with Crippen molar-refractivity contribution in [3.8, 4) is 0 Å². The second-order valence-electron chi connectivity index (χ2n) is 10.7. The van der Waals surface area contributed by atoms with Gasteiger partial charge in [-0.3, -0.25) is 14.4 Å². The molecule has 7 heteroatoms. The number of aryl methyl sites for hydroxylation is 1. The van der Waals surface area contributed by atoms with E-state index in [-0.39, 0.29) is 5.78 Å². The van der Waals surface area contributed by atoms with Gasteiger partial charge in [-0.1, -0.05) is 25.0 Å². The van der Waals surface area contributed by atoms with E-state index in [1.807, 2.05) is 31.4 Å². The van der Waals surface area contributed by atoms with Crippen LogP contribution in [0.25, 0.3) is 10.9 Å². The van der Waals surface area contributed by atoms with Crippen molar-refractivity contribution in [1.29, 1.82) is 0 Å². The van der Waals surface area contributed by atoms with Crippen molar-refractivity contribution in [3.05, 3.63) is 45.5 Å². The second kappa shape index (κ2) is 8.83. The highest BCUT2D eigenvalue weighted by atomic mass is 32.1. The van der Waals surface area contributed by atoms with Gasteiger partial charge in [0, 0.05) is 48.6 Å². The summed E-state index contributed by atoms with van der Waals surface area (Å²) in [7, 11) is 1.90. The van der Waals surface area contributed by atoms with Crippen LogP contribution in [0, 0.1) is 11.8 Å². The van der Waals surface area contributed by atoms with Crippen LogP contribution in [0.4, 0.5) is 4.39 Å². The zero-order chi connectivity index (χ0) is 23.3. The quantitative estimate of drug-likeness (QED) is 0.400. The molecule has 3 aliphatic rings. The van der Waals surface area contributed by atoms with Crippen LogP contribution in [0.3, 0.4) is 0 Å².